The summed E-state index contributed by atoms with van der Waals surface area (Å²) in [5.74, 6) is 0.330. The van der Waals surface area contributed by atoms with Gasteiger partial charge in [-0.25, -0.2) is 4.79 Å². The Balaban J connectivity index is 1.19. The maximum atomic E-state index is 12.9. The van der Waals surface area contributed by atoms with Gasteiger partial charge in [0, 0.05) is 45.2 Å². The largest absolute Gasteiger partial charge is 0.492 e. The van der Waals surface area contributed by atoms with Crippen LogP contribution in [0.5, 0.6) is 0 Å². The molecule has 1 saturated heterocycles. The van der Waals surface area contributed by atoms with E-state index in [1.54, 1.807) is 0 Å². The van der Waals surface area contributed by atoms with Gasteiger partial charge in [-0.15, -0.1) is 0 Å². The molecule has 9 heteroatoms. The van der Waals surface area contributed by atoms with Crippen molar-refractivity contribution < 1.29 is 33.6 Å². The van der Waals surface area contributed by atoms with Gasteiger partial charge in [0.1, 0.15) is 35.9 Å². The molecule has 1 aliphatic heterocycles. The quantitative estimate of drug-likeness (QED) is 0.0928. The highest BCUT2D eigenvalue weighted by Crippen LogP contribution is 2.38. The fraction of sp³-hybridized carbons (Fsp3) is 0.595. The molecule has 1 aliphatic carbocycles. The van der Waals surface area contributed by atoms with E-state index in [1.165, 1.54) is 0 Å². The number of benzene rings is 2. The monoisotopic (exact) mass is 706 g/mol. The number of nitrogens with zero attached hydrogens (tertiary/aromatic N) is 2. The second-order valence-corrected chi connectivity index (χ2v) is 15.0. The van der Waals surface area contributed by atoms with Crippen molar-refractivity contribution in [2.75, 3.05) is 72.3 Å². The van der Waals surface area contributed by atoms with Crippen molar-refractivity contribution in [3.8, 4) is 0 Å². The third-order valence-corrected chi connectivity index (χ3v) is 9.53. The number of allylic oxidation sites excluding steroid dienone is 1. The number of carboxylic acid groups (broad SMARTS) is 1. The summed E-state index contributed by atoms with van der Waals surface area (Å²) in [4.78, 5) is 17.9. The summed E-state index contributed by atoms with van der Waals surface area (Å²) in [6, 6.07) is 14.1. The number of rotatable bonds is 19. The summed E-state index contributed by atoms with van der Waals surface area (Å²) in [6.45, 7) is 25.1. The van der Waals surface area contributed by atoms with Gasteiger partial charge in [0.2, 0.25) is 0 Å². The van der Waals surface area contributed by atoms with Crippen molar-refractivity contribution in [1.29, 1.82) is 0 Å². The molecule has 0 spiro atoms. The Morgan fingerprint density at radius 1 is 0.843 bits per heavy atom. The average molecular weight is 707 g/mol. The van der Waals surface area contributed by atoms with Gasteiger partial charge in [-0.3, -0.25) is 9.80 Å². The van der Waals surface area contributed by atoms with E-state index in [0.717, 1.165) is 92.8 Å². The van der Waals surface area contributed by atoms with Gasteiger partial charge in [0.05, 0.1) is 32.5 Å². The fourth-order valence-electron chi connectivity index (χ4n) is 7.18. The average Bonchev–Trinajstić information content (AvgIpc) is 3.07. The molecule has 2 aromatic rings. The van der Waals surface area contributed by atoms with Crippen LogP contribution in [0.3, 0.4) is 0 Å². The highest BCUT2D eigenvalue weighted by molar-refractivity contribution is 6.17. The Morgan fingerprint density at radius 2 is 1.43 bits per heavy atom. The molecular formula is C42H62N2O7. The topological polar surface area (TPSA) is 89.9 Å². The van der Waals surface area contributed by atoms with Crippen LogP contribution in [0, 0.1) is 26.7 Å². The lowest BCUT2D eigenvalue weighted by Gasteiger charge is -2.35. The smallest absolute Gasteiger partial charge is 0.339 e. The molecule has 51 heavy (non-hydrogen) atoms. The molecule has 0 atom stereocenters. The van der Waals surface area contributed by atoms with Crippen molar-refractivity contribution in [2.24, 2.45) is 5.92 Å². The van der Waals surface area contributed by atoms with E-state index in [0.29, 0.717) is 56.7 Å². The second kappa shape index (κ2) is 20.1. The summed E-state index contributed by atoms with van der Waals surface area (Å²) in [7, 11) is 0. The molecule has 282 valence electrons. The first-order valence-electron chi connectivity index (χ1n) is 18.7. The van der Waals surface area contributed by atoms with Crippen LogP contribution >= 0.6 is 0 Å². The van der Waals surface area contributed by atoms with Gasteiger partial charge in [-0.05, 0) is 89.5 Å². The molecule has 9 nitrogen and oxygen atoms in total. The summed E-state index contributed by atoms with van der Waals surface area (Å²) in [6.07, 6.45) is 3.63. The maximum absolute atomic E-state index is 12.9. The molecule has 0 amide bonds. The lowest BCUT2D eigenvalue weighted by atomic mass is 9.82. The maximum Gasteiger partial charge on any atom is 0.339 e. The molecule has 0 unspecified atom stereocenters. The van der Waals surface area contributed by atoms with Crippen LogP contribution in [-0.2, 0) is 35.1 Å². The highest BCUT2D eigenvalue weighted by Gasteiger charge is 2.32. The normalized spacial score (nSPS) is 19.4. The number of hydrogen-bond donors (Lipinski definition) is 1. The molecule has 0 aromatic heterocycles. The van der Waals surface area contributed by atoms with Crippen LogP contribution < -0.4 is 0 Å². The predicted octanol–water partition coefficient (Wildman–Crippen LogP) is 7.18. The van der Waals surface area contributed by atoms with Crippen LogP contribution in [0.15, 0.2) is 60.6 Å². The van der Waals surface area contributed by atoms with Gasteiger partial charge in [-0.2, -0.15) is 0 Å². The molecule has 1 N–H and O–H groups in total. The van der Waals surface area contributed by atoms with Crippen LogP contribution in [0.1, 0.15) is 74.3 Å². The van der Waals surface area contributed by atoms with E-state index in [1.807, 2.05) is 71.9 Å². The summed E-state index contributed by atoms with van der Waals surface area (Å²) in [5.41, 5.74) is 4.89. The van der Waals surface area contributed by atoms with Crippen LogP contribution in [0.25, 0.3) is 5.57 Å². The van der Waals surface area contributed by atoms with Crippen molar-refractivity contribution in [2.45, 2.75) is 85.5 Å². The minimum Gasteiger partial charge on any atom is -0.492 e. The molecule has 0 bridgehead atoms. The number of carboxylic acids is 1. The van der Waals surface area contributed by atoms with E-state index >= 15 is 0 Å². The van der Waals surface area contributed by atoms with E-state index < -0.39 is 5.97 Å². The van der Waals surface area contributed by atoms with Gasteiger partial charge in [0.15, 0.2) is 0 Å². The minimum absolute atomic E-state index is 0.0254. The standard InChI is InChI=1S/C42H62N2O7/c1-31-27-32(2)38(33(3)28-31)39(41(45)46)40(50-30-35-11-9-8-10-12-35)36-13-15-37(16-14-36)49-24-22-44-19-17-43(18-20-44)21-23-47-25-26-48-29-34(4)51-42(5,6)7/h8-12,27-28,36-37H,4,13-26,29-30H2,1-3,5-7H3,(H,45,46)/b40-39+. The Kier molecular flexibility index (Phi) is 16.0. The Hall–Kier alpha value is -3.21. The van der Waals surface area contributed by atoms with Crippen molar-refractivity contribution in [1.82, 2.24) is 9.80 Å². The zero-order chi connectivity index (χ0) is 36.8. The molecular weight excluding hydrogens is 644 g/mol. The third-order valence-electron chi connectivity index (χ3n) is 9.53. The Morgan fingerprint density at radius 3 is 2.02 bits per heavy atom. The molecule has 1 heterocycles. The van der Waals surface area contributed by atoms with Crippen molar-refractivity contribution in [3.63, 3.8) is 0 Å². The second-order valence-electron chi connectivity index (χ2n) is 15.0. The van der Waals surface area contributed by atoms with E-state index in [4.69, 9.17) is 23.7 Å². The van der Waals surface area contributed by atoms with Crippen molar-refractivity contribution in [3.05, 3.63) is 88.4 Å². The first kappa shape index (κ1) is 40.6. The first-order chi connectivity index (χ1) is 24.4. The number of ether oxygens (including phenoxy) is 5. The fourth-order valence-corrected chi connectivity index (χ4v) is 7.18. The van der Waals surface area contributed by atoms with E-state index in [-0.39, 0.29) is 17.6 Å². The van der Waals surface area contributed by atoms with Crippen LogP contribution in [-0.4, -0.2) is 105 Å². The molecule has 2 aromatic carbocycles. The van der Waals surface area contributed by atoms with Crippen molar-refractivity contribution >= 4 is 11.5 Å². The Bertz CT molecular complexity index is 1400. The number of carbonyl (C=O) groups is 1. The van der Waals surface area contributed by atoms with Crippen LogP contribution in [0.2, 0.25) is 0 Å². The lowest BCUT2D eigenvalue weighted by Crippen LogP contribution is -2.48. The number of piperazine rings is 1. The molecule has 2 fully saturated rings. The number of aryl methyl sites for hydroxylation is 3. The van der Waals surface area contributed by atoms with Gasteiger partial charge in [-0.1, -0.05) is 54.6 Å². The minimum atomic E-state index is -0.936. The van der Waals surface area contributed by atoms with Gasteiger partial charge >= 0.3 is 5.97 Å². The molecule has 0 radical (unpaired) electrons. The Labute approximate surface area is 306 Å². The molecule has 1 saturated carbocycles. The number of aliphatic carboxylic acids is 1. The zero-order valence-corrected chi connectivity index (χ0v) is 32.0. The number of hydrogen-bond acceptors (Lipinski definition) is 8. The predicted molar refractivity (Wildman–Crippen MR) is 203 cm³/mol. The van der Waals surface area contributed by atoms with E-state index in [2.05, 4.69) is 28.5 Å². The van der Waals surface area contributed by atoms with E-state index in [9.17, 15) is 9.90 Å². The zero-order valence-electron chi connectivity index (χ0n) is 32.0. The SMILES string of the molecule is C=C(COCCOCCN1CCN(CCOC2CCC(/C(OCc3ccccc3)=C(\C(=O)O)c3c(C)cc(C)cc3C)CC2)CC1)OC(C)(C)C. The van der Waals surface area contributed by atoms with Gasteiger partial charge in [0.25, 0.3) is 0 Å². The molecule has 2 aliphatic rings. The summed E-state index contributed by atoms with van der Waals surface area (Å²) >= 11 is 0. The lowest BCUT2D eigenvalue weighted by molar-refractivity contribution is -0.130. The molecule has 4 rings (SSSR count). The first-order valence-corrected chi connectivity index (χ1v) is 18.7. The third kappa shape index (κ3) is 13.7. The van der Waals surface area contributed by atoms with Gasteiger partial charge < -0.3 is 28.8 Å². The highest BCUT2D eigenvalue weighted by atomic mass is 16.6. The summed E-state index contributed by atoms with van der Waals surface area (Å²) in [5, 5.41) is 10.6. The van der Waals surface area contributed by atoms with Crippen LogP contribution in [0.4, 0.5) is 0 Å². The summed E-state index contributed by atoms with van der Waals surface area (Å²) < 4.78 is 29.9.